The molecule has 2 saturated heterocycles. The van der Waals surface area contributed by atoms with E-state index in [2.05, 4.69) is 24.5 Å². The van der Waals surface area contributed by atoms with Gasteiger partial charge in [-0.3, -0.25) is 25.2 Å². The number of phosphoric ester groups is 1. The van der Waals surface area contributed by atoms with E-state index >= 15 is 0 Å². The van der Waals surface area contributed by atoms with Gasteiger partial charge < -0.3 is 19.5 Å². The third kappa shape index (κ3) is 9.30. The van der Waals surface area contributed by atoms with Gasteiger partial charge in [0.15, 0.2) is 12.0 Å². The smallest absolute Gasteiger partial charge is 0.478 e. The average molecular weight is 549 g/mol. The quantitative estimate of drug-likeness (QED) is 0.0822. The number of rotatable bonds is 14. The molecule has 0 radical (unpaired) electrons. The largest absolute Gasteiger partial charge is 0.484 e. The molecule has 13 heteroatoms. The molecule has 214 valence electrons. The highest BCUT2D eigenvalue weighted by atomic mass is 31.2. The van der Waals surface area contributed by atoms with Crippen LogP contribution in [0, 0.1) is 22.2 Å². The van der Waals surface area contributed by atoms with Gasteiger partial charge in [-0.15, -0.1) is 0 Å². The molecule has 0 amide bonds. The van der Waals surface area contributed by atoms with Gasteiger partial charge in [0.25, 0.3) is 0 Å². The number of carbonyl (C=O) groups excluding carboxylic acids is 1. The van der Waals surface area contributed by atoms with Crippen molar-refractivity contribution in [2.45, 2.75) is 97.6 Å². The standard InChI is InChI=1S/C24H45N4O8P/c1-7-9-11-17(10-8-2)22-28-16(3)19(35-22)23(29)32-15-34-37(30)33-14-24(4,5)20(36-37)21(26)27-13-12-18(25)31-6/h16-17,19-20,22,25,28H,7-15H2,1-6H3,(H2,26,27)/t16?,17?,19?,20-,22?,37?/m0/s1. The number of methoxy groups -OCH3 is 1. The molecule has 12 nitrogen and oxygen atoms in total. The number of phosphoric acid groups is 1. The number of hydrogen-bond donors (Lipinski definition) is 4. The Kier molecular flexibility index (Phi) is 12.5. The molecule has 37 heavy (non-hydrogen) atoms. The van der Waals surface area contributed by atoms with Crippen molar-refractivity contribution in [3.63, 3.8) is 0 Å². The van der Waals surface area contributed by atoms with E-state index in [9.17, 15) is 9.36 Å². The highest BCUT2D eigenvalue weighted by Gasteiger charge is 2.48. The molecule has 0 aromatic rings. The number of hydrogen-bond acceptors (Lipinski definition) is 11. The van der Waals surface area contributed by atoms with Crippen LogP contribution in [0.15, 0.2) is 0 Å². The number of esters is 1. The Hall–Kier alpha value is -1.56. The number of ether oxygens (including phenoxy) is 3. The maximum absolute atomic E-state index is 13.1. The molecule has 0 spiro atoms. The summed E-state index contributed by atoms with van der Waals surface area (Å²) in [6.07, 6.45) is 3.59. The minimum atomic E-state index is -4.09. The van der Waals surface area contributed by atoms with Gasteiger partial charge in [-0.05, 0) is 25.7 Å². The van der Waals surface area contributed by atoms with Crippen molar-refractivity contribution in [2.24, 2.45) is 11.3 Å². The lowest BCUT2D eigenvalue weighted by molar-refractivity contribution is -0.166. The fourth-order valence-electron chi connectivity index (χ4n) is 4.32. The lowest BCUT2D eigenvalue weighted by atomic mass is 9.87. The van der Waals surface area contributed by atoms with Crippen LogP contribution in [0.3, 0.4) is 0 Å². The van der Waals surface area contributed by atoms with Crippen LogP contribution in [0.4, 0.5) is 0 Å². The van der Waals surface area contributed by atoms with Crippen molar-refractivity contribution in [3.8, 4) is 0 Å². The van der Waals surface area contributed by atoms with Crippen LogP contribution in [0.25, 0.3) is 0 Å². The predicted molar refractivity (Wildman–Crippen MR) is 139 cm³/mol. The molecule has 0 aromatic carbocycles. The molecule has 2 aliphatic rings. The SMILES string of the molecule is CCCCC(CCC)C1NC(C)C(C(=O)OCOP2(=O)OCC(C)(C)[C@H](C(=N)NCCC(=N)OC)O2)O1. The Morgan fingerprint density at radius 3 is 2.62 bits per heavy atom. The van der Waals surface area contributed by atoms with Crippen LogP contribution in [0.1, 0.15) is 73.1 Å². The van der Waals surface area contributed by atoms with Crippen molar-refractivity contribution in [3.05, 3.63) is 0 Å². The molecule has 6 atom stereocenters. The number of amidine groups is 1. The van der Waals surface area contributed by atoms with Crippen LogP contribution in [0.5, 0.6) is 0 Å². The van der Waals surface area contributed by atoms with E-state index < -0.39 is 38.2 Å². The van der Waals surface area contributed by atoms with E-state index in [1.54, 1.807) is 0 Å². The van der Waals surface area contributed by atoms with Gasteiger partial charge in [-0.2, -0.15) is 0 Å². The second-order valence-electron chi connectivity index (χ2n) is 10.2. The summed E-state index contributed by atoms with van der Waals surface area (Å²) in [4.78, 5) is 12.7. The zero-order valence-corrected chi connectivity index (χ0v) is 23.9. The van der Waals surface area contributed by atoms with Gasteiger partial charge in [0.2, 0.25) is 6.79 Å². The van der Waals surface area contributed by atoms with Crippen molar-refractivity contribution < 1.29 is 37.1 Å². The summed E-state index contributed by atoms with van der Waals surface area (Å²) in [6.45, 7) is 9.41. The Labute approximate surface area is 220 Å². The Morgan fingerprint density at radius 1 is 1.24 bits per heavy atom. The minimum absolute atomic E-state index is 0.00574. The van der Waals surface area contributed by atoms with E-state index in [1.807, 2.05) is 20.8 Å². The number of unbranched alkanes of at least 4 members (excludes halogenated alkanes) is 1. The van der Waals surface area contributed by atoms with Gasteiger partial charge >= 0.3 is 13.8 Å². The summed E-state index contributed by atoms with van der Waals surface area (Å²) in [5.74, 6) is -0.255. The number of nitrogens with one attached hydrogen (secondary N) is 4. The Balaban J connectivity index is 1.88. The lowest BCUT2D eigenvalue weighted by Crippen LogP contribution is -2.49. The highest BCUT2D eigenvalue weighted by molar-refractivity contribution is 7.48. The molecule has 0 saturated carbocycles. The maximum atomic E-state index is 13.1. The van der Waals surface area contributed by atoms with Crippen molar-refractivity contribution in [1.29, 1.82) is 10.8 Å². The van der Waals surface area contributed by atoms with Crippen molar-refractivity contribution >= 4 is 25.5 Å². The van der Waals surface area contributed by atoms with Crippen LogP contribution in [-0.2, 0) is 37.1 Å². The zero-order valence-electron chi connectivity index (χ0n) is 23.0. The normalized spacial score (nSPS) is 29.9. The molecule has 2 heterocycles. The molecule has 2 aliphatic heterocycles. The molecule has 4 N–H and O–H groups in total. The first-order chi connectivity index (χ1) is 17.5. The molecule has 2 fully saturated rings. The lowest BCUT2D eigenvalue weighted by Gasteiger charge is -2.40. The molecular weight excluding hydrogens is 503 g/mol. The fourth-order valence-corrected chi connectivity index (χ4v) is 5.84. The molecular formula is C24H45N4O8P. The topological polar surface area (TPSA) is 161 Å². The second kappa shape index (κ2) is 14.6. The van der Waals surface area contributed by atoms with E-state index in [-0.39, 0.29) is 43.6 Å². The third-order valence-corrected chi connectivity index (χ3v) is 7.89. The summed E-state index contributed by atoms with van der Waals surface area (Å²) in [5.41, 5.74) is -0.673. The van der Waals surface area contributed by atoms with Gasteiger partial charge in [-0.1, -0.05) is 47.0 Å². The van der Waals surface area contributed by atoms with Gasteiger partial charge in [0.1, 0.15) is 18.2 Å². The first kappa shape index (κ1) is 31.7. The zero-order chi connectivity index (χ0) is 27.6. The van der Waals surface area contributed by atoms with Gasteiger partial charge in [0, 0.05) is 24.4 Å². The van der Waals surface area contributed by atoms with E-state index in [0.717, 1.165) is 32.1 Å². The predicted octanol–water partition coefficient (Wildman–Crippen LogP) is 3.94. The van der Waals surface area contributed by atoms with Crippen molar-refractivity contribution in [2.75, 3.05) is 27.1 Å². The van der Waals surface area contributed by atoms with E-state index in [4.69, 9.17) is 38.6 Å². The van der Waals surface area contributed by atoms with Crippen LogP contribution >= 0.6 is 7.82 Å². The monoisotopic (exact) mass is 548 g/mol. The third-order valence-electron chi connectivity index (χ3n) is 6.55. The Bertz CT molecular complexity index is 827. The molecule has 0 bridgehead atoms. The first-order valence-electron chi connectivity index (χ1n) is 13.1. The van der Waals surface area contributed by atoms with Gasteiger partial charge in [0.05, 0.1) is 13.7 Å². The fraction of sp³-hybridized carbons (Fsp3) is 0.875. The minimum Gasteiger partial charge on any atom is -0.484 e. The summed E-state index contributed by atoms with van der Waals surface area (Å²) < 4.78 is 45.3. The molecule has 0 aromatic heterocycles. The highest BCUT2D eigenvalue weighted by Crippen LogP contribution is 2.57. The number of carbonyl (C=O) groups is 1. The summed E-state index contributed by atoms with van der Waals surface area (Å²) in [6, 6.07) is -0.243. The van der Waals surface area contributed by atoms with Crippen molar-refractivity contribution in [1.82, 2.24) is 10.6 Å². The van der Waals surface area contributed by atoms with E-state index in [1.165, 1.54) is 7.11 Å². The molecule has 2 rings (SSSR count). The van der Waals surface area contributed by atoms with Crippen LogP contribution in [-0.4, -0.2) is 69.2 Å². The first-order valence-corrected chi connectivity index (χ1v) is 14.5. The molecule has 5 unspecified atom stereocenters. The average Bonchev–Trinajstić information content (AvgIpc) is 3.24. The van der Waals surface area contributed by atoms with Crippen LogP contribution in [0.2, 0.25) is 0 Å². The molecule has 0 aliphatic carbocycles. The summed E-state index contributed by atoms with van der Waals surface area (Å²) in [7, 11) is -2.69. The Morgan fingerprint density at radius 2 is 1.97 bits per heavy atom. The summed E-state index contributed by atoms with van der Waals surface area (Å²) >= 11 is 0. The maximum Gasteiger partial charge on any atom is 0.478 e. The van der Waals surface area contributed by atoms with Crippen LogP contribution < -0.4 is 10.6 Å². The summed E-state index contributed by atoms with van der Waals surface area (Å²) in [5, 5.41) is 22.1. The van der Waals surface area contributed by atoms with Gasteiger partial charge in [-0.25, -0.2) is 13.9 Å². The second-order valence-corrected chi connectivity index (χ2v) is 11.9. The van der Waals surface area contributed by atoms with E-state index in [0.29, 0.717) is 5.92 Å².